The number of esters is 1. The Hall–Kier alpha value is -1.65. The van der Waals surface area contributed by atoms with Gasteiger partial charge in [0.1, 0.15) is 17.2 Å². The Kier molecular flexibility index (Phi) is 3.39. The van der Waals surface area contributed by atoms with Gasteiger partial charge in [0, 0.05) is 12.6 Å². The van der Waals surface area contributed by atoms with Crippen molar-refractivity contribution in [1.29, 1.82) is 0 Å². The van der Waals surface area contributed by atoms with Crippen LogP contribution in [0.3, 0.4) is 0 Å². The second kappa shape index (κ2) is 4.55. The van der Waals surface area contributed by atoms with E-state index in [0.29, 0.717) is 18.9 Å². The van der Waals surface area contributed by atoms with Gasteiger partial charge in [-0.2, -0.15) is 0 Å². The molecule has 0 unspecified atom stereocenters. The molecule has 0 spiro atoms. The minimum atomic E-state index is -0.479. The van der Waals surface area contributed by atoms with E-state index in [9.17, 15) is 4.79 Å². The van der Waals surface area contributed by atoms with Crippen molar-refractivity contribution in [2.75, 3.05) is 12.3 Å². The number of ether oxygens (including phenoxy) is 1. The van der Waals surface area contributed by atoms with Crippen LogP contribution in [-0.2, 0) is 11.2 Å². The fourth-order valence-electron chi connectivity index (χ4n) is 0.970. The third-order valence-electron chi connectivity index (χ3n) is 1.68. The van der Waals surface area contributed by atoms with Gasteiger partial charge >= 0.3 is 5.97 Å². The van der Waals surface area contributed by atoms with E-state index in [4.69, 9.17) is 10.5 Å². The fraction of sp³-hybridized carbons (Fsp3) is 0.444. The van der Waals surface area contributed by atoms with Gasteiger partial charge in [-0.25, -0.2) is 14.8 Å². The lowest BCUT2D eigenvalue weighted by molar-refractivity contribution is 0.0526. The van der Waals surface area contributed by atoms with Crippen LogP contribution in [-0.4, -0.2) is 22.5 Å². The molecule has 0 fully saturated rings. The molecule has 1 aromatic heterocycles. The summed E-state index contributed by atoms with van der Waals surface area (Å²) in [6.45, 7) is 3.96. The van der Waals surface area contributed by atoms with Crippen LogP contribution in [0.4, 0.5) is 5.82 Å². The lowest BCUT2D eigenvalue weighted by Crippen LogP contribution is -2.11. The smallest absolute Gasteiger partial charge is 0.343 e. The van der Waals surface area contributed by atoms with Gasteiger partial charge in [0.2, 0.25) is 0 Å². The molecule has 0 bridgehead atoms. The van der Waals surface area contributed by atoms with Crippen molar-refractivity contribution >= 4 is 11.8 Å². The predicted octanol–water partition coefficient (Wildman–Crippen LogP) is 0.798. The highest BCUT2D eigenvalue weighted by atomic mass is 16.5. The molecule has 76 valence electrons. The maximum absolute atomic E-state index is 11.3. The number of carbonyl (C=O) groups excluding carboxylic acids is 1. The van der Waals surface area contributed by atoms with Gasteiger partial charge in [-0.05, 0) is 6.92 Å². The third-order valence-corrected chi connectivity index (χ3v) is 1.68. The maximum Gasteiger partial charge on any atom is 0.343 e. The second-order valence-corrected chi connectivity index (χ2v) is 2.66. The van der Waals surface area contributed by atoms with E-state index < -0.39 is 5.97 Å². The van der Waals surface area contributed by atoms with Crippen LogP contribution < -0.4 is 5.73 Å². The molecule has 0 aliphatic rings. The zero-order valence-corrected chi connectivity index (χ0v) is 8.28. The molecule has 5 heteroatoms. The normalized spacial score (nSPS) is 9.86. The first-order valence-electron chi connectivity index (χ1n) is 4.47. The van der Waals surface area contributed by atoms with Gasteiger partial charge in [0.15, 0.2) is 0 Å². The van der Waals surface area contributed by atoms with Crippen LogP contribution in [0, 0.1) is 0 Å². The quantitative estimate of drug-likeness (QED) is 0.721. The van der Waals surface area contributed by atoms with E-state index in [2.05, 4.69) is 9.97 Å². The van der Waals surface area contributed by atoms with Crippen molar-refractivity contribution in [3.8, 4) is 0 Å². The van der Waals surface area contributed by atoms with Crippen molar-refractivity contribution in [3.05, 3.63) is 17.6 Å². The largest absolute Gasteiger partial charge is 0.462 e. The zero-order chi connectivity index (χ0) is 10.6. The first-order chi connectivity index (χ1) is 6.69. The summed E-state index contributed by atoms with van der Waals surface area (Å²) < 4.78 is 4.78. The van der Waals surface area contributed by atoms with E-state index in [-0.39, 0.29) is 11.4 Å². The maximum atomic E-state index is 11.3. The third kappa shape index (κ3) is 2.18. The summed E-state index contributed by atoms with van der Waals surface area (Å²) in [7, 11) is 0. The number of hydrogen-bond acceptors (Lipinski definition) is 5. The number of hydrogen-bond donors (Lipinski definition) is 1. The van der Waals surface area contributed by atoms with Gasteiger partial charge in [-0.1, -0.05) is 6.92 Å². The molecule has 0 aliphatic carbocycles. The Balaban J connectivity index is 2.94. The first-order valence-corrected chi connectivity index (χ1v) is 4.47. The number of aromatic nitrogens is 2. The fourth-order valence-corrected chi connectivity index (χ4v) is 0.970. The molecule has 0 saturated heterocycles. The summed E-state index contributed by atoms with van der Waals surface area (Å²) in [6, 6.07) is 0. The summed E-state index contributed by atoms with van der Waals surface area (Å²) in [5.74, 6) is 0.318. The van der Waals surface area contributed by atoms with Crippen LogP contribution in [0.1, 0.15) is 30.0 Å². The van der Waals surface area contributed by atoms with Crippen molar-refractivity contribution in [1.82, 2.24) is 9.97 Å². The summed E-state index contributed by atoms with van der Waals surface area (Å²) in [5.41, 5.74) is 5.80. The number of anilines is 1. The Labute approximate surface area is 82.3 Å². The van der Waals surface area contributed by atoms with Gasteiger partial charge in [0.25, 0.3) is 0 Å². The number of nitrogens with two attached hydrogens (primary N) is 1. The van der Waals surface area contributed by atoms with Crippen LogP contribution in [0.5, 0.6) is 0 Å². The average molecular weight is 195 g/mol. The highest BCUT2D eigenvalue weighted by molar-refractivity contribution is 5.93. The summed E-state index contributed by atoms with van der Waals surface area (Å²) in [5, 5.41) is 0. The average Bonchev–Trinajstić information content (AvgIpc) is 2.17. The lowest BCUT2D eigenvalue weighted by atomic mass is 10.3. The molecule has 0 radical (unpaired) electrons. The molecule has 2 N–H and O–H groups in total. The van der Waals surface area contributed by atoms with Gasteiger partial charge in [0.05, 0.1) is 6.61 Å². The Morgan fingerprint density at radius 3 is 2.79 bits per heavy atom. The van der Waals surface area contributed by atoms with Crippen LogP contribution in [0.2, 0.25) is 0 Å². The molecule has 0 amide bonds. The molecule has 0 aliphatic heterocycles. The van der Waals surface area contributed by atoms with E-state index in [1.165, 1.54) is 6.20 Å². The van der Waals surface area contributed by atoms with Crippen LogP contribution >= 0.6 is 0 Å². The van der Waals surface area contributed by atoms with E-state index in [0.717, 1.165) is 0 Å². The number of carbonyl (C=O) groups is 1. The van der Waals surface area contributed by atoms with Crippen molar-refractivity contribution < 1.29 is 9.53 Å². The topological polar surface area (TPSA) is 78.1 Å². The Morgan fingerprint density at radius 1 is 1.57 bits per heavy atom. The van der Waals surface area contributed by atoms with Gasteiger partial charge in [-0.15, -0.1) is 0 Å². The molecule has 0 saturated carbocycles. The molecule has 1 rings (SSSR count). The van der Waals surface area contributed by atoms with Crippen molar-refractivity contribution in [2.24, 2.45) is 0 Å². The van der Waals surface area contributed by atoms with Gasteiger partial charge < -0.3 is 10.5 Å². The zero-order valence-electron chi connectivity index (χ0n) is 8.28. The highest BCUT2D eigenvalue weighted by Crippen LogP contribution is 2.09. The van der Waals surface area contributed by atoms with Gasteiger partial charge in [-0.3, -0.25) is 0 Å². The van der Waals surface area contributed by atoms with Crippen LogP contribution in [0.15, 0.2) is 6.20 Å². The number of nitrogens with zero attached hydrogens (tertiary/aromatic N) is 2. The standard InChI is InChI=1S/C9H13N3O2/c1-3-7-11-5-6(8(10)12-7)9(13)14-4-2/h5H,3-4H2,1-2H3,(H2,10,11,12). The predicted molar refractivity (Wildman–Crippen MR) is 51.8 cm³/mol. The van der Waals surface area contributed by atoms with E-state index in [1.54, 1.807) is 6.92 Å². The molecule has 5 nitrogen and oxygen atoms in total. The van der Waals surface area contributed by atoms with Crippen molar-refractivity contribution in [2.45, 2.75) is 20.3 Å². The number of nitrogen functional groups attached to an aromatic ring is 1. The SMILES string of the molecule is CCOC(=O)c1cnc(CC)nc1N. The molecule has 1 aromatic rings. The molecular formula is C9H13N3O2. The summed E-state index contributed by atoms with van der Waals surface area (Å²) in [6.07, 6.45) is 2.09. The number of rotatable bonds is 3. The van der Waals surface area contributed by atoms with E-state index in [1.807, 2.05) is 6.92 Å². The van der Waals surface area contributed by atoms with E-state index >= 15 is 0 Å². The highest BCUT2D eigenvalue weighted by Gasteiger charge is 2.12. The molecular weight excluding hydrogens is 182 g/mol. The molecule has 0 atom stereocenters. The minimum Gasteiger partial charge on any atom is -0.462 e. The monoisotopic (exact) mass is 195 g/mol. The summed E-state index contributed by atoms with van der Waals surface area (Å²) in [4.78, 5) is 19.2. The molecule has 0 aromatic carbocycles. The molecule has 14 heavy (non-hydrogen) atoms. The number of aryl methyl sites for hydroxylation is 1. The lowest BCUT2D eigenvalue weighted by Gasteiger charge is -2.04. The second-order valence-electron chi connectivity index (χ2n) is 2.66. The summed E-state index contributed by atoms with van der Waals surface area (Å²) >= 11 is 0. The Bertz CT molecular complexity index is 339. The molecule has 1 heterocycles. The Morgan fingerprint density at radius 2 is 2.29 bits per heavy atom. The minimum absolute atomic E-state index is 0.176. The van der Waals surface area contributed by atoms with Crippen LogP contribution in [0.25, 0.3) is 0 Å². The first kappa shape index (κ1) is 10.4. The van der Waals surface area contributed by atoms with Crippen molar-refractivity contribution in [3.63, 3.8) is 0 Å².